The summed E-state index contributed by atoms with van der Waals surface area (Å²) in [6, 6.07) is 1.78. The Bertz CT molecular complexity index is 227. The van der Waals surface area contributed by atoms with Gasteiger partial charge in [0, 0.05) is 24.2 Å². The summed E-state index contributed by atoms with van der Waals surface area (Å²) in [4.78, 5) is 4.88. The Kier molecular flexibility index (Phi) is 7.99. The maximum Gasteiger partial charge on any atom is 0.106 e. The smallest absolute Gasteiger partial charge is 0.106 e. The number of rotatable bonds is 7. The summed E-state index contributed by atoms with van der Waals surface area (Å²) in [5, 5.41) is 0. The summed E-state index contributed by atoms with van der Waals surface area (Å²) in [5.41, 5.74) is 0. The molecule has 0 saturated heterocycles. The van der Waals surface area contributed by atoms with Gasteiger partial charge in [-0.25, -0.2) is 0 Å². The van der Waals surface area contributed by atoms with Crippen LogP contribution in [-0.2, 0) is 0 Å². The minimum absolute atomic E-state index is 0.114. The van der Waals surface area contributed by atoms with Crippen LogP contribution in [-0.4, -0.2) is 44.3 Å². The summed E-state index contributed by atoms with van der Waals surface area (Å²) >= 11 is 9.93. The van der Waals surface area contributed by atoms with Crippen molar-refractivity contribution in [3.63, 3.8) is 0 Å². The maximum atomic E-state index is 5.43. The van der Waals surface area contributed by atoms with Crippen LogP contribution < -0.4 is 0 Å². The van der Waals surface area contributed by atoms with Crippen LogP contribution in [0.4, 0.5) is 0 Å². The second-order valence-corrected chi connectivity index (χ2v) is 7.21. The summed E-state index contributed by atoms with van der Waals surface area (Å²) < 4.78 is 0.764. The van der Waals surface area contributed by atoms with Gasteiger partial charge in [0.2, 0.25) is 0 Å². The molecule has 18 heavy (non-hydrogen) atoms. The third-order valence-electron chi connectivity index (χ3n) is 3.17. The number of hydrogen-bond acceptors (Lipinski definition) is 3. The molecule has 4 heteroatoms. The van der Waals surface area contributed by atoms with Crippen molar-refractivity contribution in [1.82, 2.24) is 9.80 Å². The molecule has 0 atom stereocenters. The highest BCUT2D eigenvalue weighted by molar-refractivity contribution is 8.11. The van der Waals surface area contributed by atoms with E-state index in [0.717, 1.165) is 4.20 Å². The van der Waals surface area contributed by atoms with Gasteiger partial charge < -0.3 is 0 Å². The molecule has 0 heterocycles. The lowest BCUT2D eigenvalue weighted by atomic mass is 10.1. The predicted octanol–water partition coefficient (Wildman–Crippen LogP) is 3.81. The van der Waals surface area contributed by atoms with Crippen LogP contribution in [0, 0.1) is 0 Å². The standard InChI is InChI=1S/C14H30N2S2/c1-9(2)15(10(3)4)13(14(17)18)16(11(5)6)12(7)8/h9-13H,1-8H3,(H,17,18). The van der Waals surface area contributed by atoms with Gasteiger partial charge >= 0.3 is 0 Å². The molecule has 0 aromatic heterocycles. The van der Waals surface area contributed by atoms with Crippen LogP contribution in [0.3, 0.4) is 0 Å². The maximum absolute atomic E-state index is 5.43. The van der Waals surface area contributed by atoms with Gasteiger partial charge in [0.15, 0.2) is 0 Å². The van der Waals surface area contributed by atoms with Gasteiger partial charge in [0.1, 0.15) is 6.17 Å². The van der Waals surface area contributed by atoms with Crippen molar-refractivity contribution in [2.24, 2.45) is 0 Å². The number of thiol groups is 1. The molecule has 0 amide bonds. The average molecular weight is 291 g/mol. The fraction of sp³-hybridized carbons (Fsp3) is 0.929. The van der Waals surface area contributed by atoms with E-state index in [0.29, 0.717) is 24.2 Å². The third-order valence-corrected chi connectivity index (χ3v) is 3.61. The van der Waals surface area contributed by atoms with Gasteiger partial charge in [-0.05, 0) is 55.4 Å². The number of hydrogen-bond donors (Lipinski definition) is 1. The fourth-order valence-corrected chi connectivity index (χ4v) is 3.24. The van der Waals surface area contributed by atoms with Gasteiger partial charge in [-0.15, -0.1) is 12.6 Å². The highest BCUT2D eigenvalue weighted by Crippen LogP contribution is 2.22. The molecule has 0 radical (unpaired) electrons. The van der Waals surface area contributed by atoms with Gasteiger partial charge in [0.05, 0.1) is 4.20 Å². The Hall–Kier alpha value is 0.360. The quantitative estimate of drug-likeness (QED) is 0.433. The molecular formula is C14H30N2S2. The second kappa shape index (κ2) is 7.83. The first-order valence-corrected chi connectivity index (χ1v) is 7.74. The van der Waals surface area contributed by atoms with Crippen molar-refractivity contribution in [2.75, 3.05) is 0 Å². The van der Waals surface area contributed by atoms with E-state index in [1.54, 1.807) is 0 Å². The molecule has 108 valence electrons. The molecule has 0 fully saturated rings. The van der Waals surface area contributed by atoms with Gasteiger partial charge in [-0.2, -0.15) is 0 Å². The van der Waals surface area contributed by atoms with E-state index >= 15 is 0 Å². The zero-order valence-electron chi connectivity index (χ0n) is 13.1. The Labute approximate surface area is 125 Å². The van der Waals surface area contributed by atoms with Crippen LogP contribution in [0.1, 0.15) is 55.4 Å². The van der Waals surface area contributed by atoms with E-state index in [9.17, 15) is 0 Å². The lowest BCUT2D eigenvalue weighted by Crippen LogP contribution is -2.60. The van der Waals surface area contributed by atoms with Crippen LogP contribution in [0.15, 0.2) is 0 Å². The second-order valence-electron chi connectivity index (χ2n) is 5.98. The predicted molar refractivity (Wildman–Crippen MR) is 89.6 cm³/mol. The van der Waals surface area contributed by atoms with E-state index in [4.69, 9.17) is 12.2 Å². The van der Waals surface area contributed by atoms with E-state index in [-0.39, 0.29) is 6.17 Å². The van der Waals surface area contributed by atoms with E-state index < -0.39 is 0 Å². The molecule has 0 aliphatic rings. The molecule has 0 bridgehead atoms. The molecule has 0 aliphatic carbocycles. The van der Waals surface area contributed by atoms with Crippen LogP contribution in [0.5, 0.6) is 0 Å². The Morgan fingerprint density at radius 2 is 0.944 bits per heavy atom. The Balaban J connectivity index is 5.44. The summed E-state index contributed by atoms with van der Waals surface area (Å²) in [5.74, 6) is 0. The molecule has 0 N–H and O–H groups in total. The monoisotopic (exact) mass is 290 g/mol. The van der Waals surface area contributed by atoms with Crippen molar-refractivity contribution >= 4 is 29.0 Å². The number of nitrogens with zero attached hydrogens (tertiary/aromatic N) is 2. The first-order valence-electron chi connectivity index (χ1n) is 6.88. The number of thiocarbonyl (C=S) groups is 1. The highest BCUT2D eigenvalue weighted by atomic mass is 32.1. The van der Waals surface area contributed by atoms with Crippen molar-refractivity contribution in [3.8, 4) is 0 Å². The largest absolute Gasteiger partial charge is 0.278 e. The fourth-order valence-electron chi connectivity index (χ4n) is 2.73. The Morgan fingerprint density at radius 3 is 1.06 bits per heavy atom. The summed E-state index contributed by atoms with van der Waals surface area (Å²) in [7, 11) is 0. The van der Waals surface area contributed by atoms with Crippen LogP contribution >= 0.6 is 24.8 Å². The van der Waals surface area contributed by atoms with Crippen LogP contribution in [0.2, 0.25) is 0 Å². The SMILES string of the molecule is CC(C)N(C(C)C)C(C(=S)S)N(C(C)C)C(C)C. The molecule has 0 spiro atoms. The van der Waals surface area contributed by atoms with Crippen molar-refractivity contribution in [1.29, 1.82) is 0 Å². The normalized spacial score (nSPS) is 13.1. The molecule has 0 unspecified atom stereocenters. The summed E-state index contributed by atoms with van der Waals surface area (Å²) in [6.07, 6.45) is 0.114. The molecule has 0 saturated carbocycles. The molecule has 2 nitrogen and oxygen atoms in total. The highest BCUT2D eigenvalue weighted by Gasteiger charge is 2.33. The lowest BCUT2D eigenvalue weighted by molar-refractivity contribution is 0.00694. The minimum atomic E-state index is 0.114. The molecular weight excluding hydrogens is 260 g/mol. The zero-order valence-corrected chi connectivity index (χ0v) is 14.8. The zero-order chi connectivity index (χ0) is 14.6. The van der Waals surface area contributed by atoms with E-state index in [1.165, 1.54) is 0 Å². The molecule has 0 aromatic carbocycles. The first-order chi connectivity index (χ1) is 8.11. The van der Waals surface area contributed by atoms with Gasteiger partial charge in [0.25, 0.3) is 0 Å². The topological polar surface area (TPSA) is 6.48 Å². The van der Waals surface area contributed by atoms with Crippen molar-refractivity contribution < 1.29 is 0 Å². The molecule has 0 aromatic rings. The average Bonchev–Trinajstić information content (AvgIpc) is 2.13. The summed E-state index contributed by atoms with van der Waals surface area (Å²) in [6.45, 7) is 17.8. The van der Waals surface area contributed by atoms with Gasteiger partial charge in [-0.1, -0.05) is 12.2 Å². The van der Waals surface area contributed by atoms with Crippen molar-refractivity contribution in [2.45, 2.75) is 85.7 Å². The van der Waals surface area contributed by atoms with E-state index in [1.807, 2.05) is 0 Å². The minimum Gasteiger partial charge on any atom is -0.278 e. The Morgan fingerprint density at radius 1 is 0.722 bits per heavy atom. The van der Waals surface area contributed by atoms with E-state index in [2.05, 4.69) is 77.8 Å². The third kappa shape index (κ3) is 4.80. The first kappa shape index (κ1) is 18.4. The molecule has 0 aliphatic heterocycles. The molecule has 0 rings (SSSR count). The van der Waals surface area contributed by atoms with Crippen LogP contribution in [0.25, 0.3) is 0 Å². The van der Waals surface area contributed by atoms with Gasteiger partial charge in [-0.3, -0.25) is 9.80 Å². The van der Waals surface area contributed by atoms with Crippen molar-refractivity contribution in [3.05, 3.63) is 0 Å². The lowest BCUT2D eigenvalue weighted by Gasteiger charge is -2.47.